The molecule has 0 aliphatic rings. The first-order valence-electron chi connectivity index (χ1n) is 8.65. The number of hydrogen-bond acceptors (Lipinski definition) is 5. The van der Waals surface area contributed by atoms with Gasteiger partial charge in [0.05, 0.1) is 12.2 Å². The molecule has 0 saturated heterocycles. The van der Waals surface area contributed by atoms with E-state index in [0.29, 0.717) is 11.5 Å². The van der Waals surface area contributed by atoms with Crippen LogP contribution < -0.4 is 15.2 Å². The highest BCUT2D eigenvalue weighted by molar-refractivity contribution is 5.21. The molecule has 0 amide bonds. The quantitative estimate of drug-likeness (QED) is 0.538. The molecule has 0 heterocycles. The van der Waals surface area contributed by atoms with Crippen molar-refractivity contribution in [2.24, 2.45) is 5.73 Å². The summed E-state index contributed by atoms with van der Waals surface area (Å²) in [6.45, 7) is 3.98. The molecule has 5 heteroatoms. The van der Waals surface area contributed by atoms with Gasteiger partial charge in [0.2, 0.25) is 0 Å². The van der Waals surface area contributed by atoms with Gasteiger partial charge >= 0.3 is 0 Å². The van der Waals surface area contributed by atoms with Crippen LogP contribution in [0, 0.1) is 0 Å². The van der Waals surface area contributed by atoms with E-state index in [0.717, 1.165) is 0 Å². The van der Waals surface area contributed by atoms with Gasteiger partial charge in [0.25, 0.3) is 0 Å². The second-order valence-electron chi connectivity index (χ2n) is 6.40. The first-order valence-corrected chi connectivity index (χ1v) is 8.65. The molecule has 0 radical (unpaired) electrons. The Labute approximate surface area is 154 Å². The predicted molar refractivity (Wildman–Crippen MR) is 102 cm³/mol. The van der Waals surface area contributed by atoms with Crippen LogP contribution >= 0.6 is 0 Å². The largest absolute Gasteiger partial charge is 0.491 e. The molecule has 5 nitrogen and oxygen atoms in total. The second-order valence-corrected chi connectivity index (χ2v) is 6.40. The molecule has 0 spiro atoms. The third kappa shape index (κ3) is 6.88. The Morgan fingerprint density at radius 3 is 1.58 bits per heavy atom. The fourth-order valence-electron chi connectivity index (χ4n) is 2.66. The number of nitrogens with two attached hydrogens (primary N) is 1. The van der Waals surface area contributed by atoms with Crippen molar-refractivity contribution in [2.45, 2.75) is 30.6 Å². The first kappa shape index (κ1) is 20.0. The van der Waals surface area contributed by atoms with Gasteiger partial charge < -0.3 is 25.4 Å². The van der Waals surface area contributed by atoms with Gasteiger partial charge in [-0.15, -0.1) is 6.58 Å². The lowest BCUT2D eigenvalue weighted by molar-refractivity contribution is 0.0550. The zero-order chi connectivity index (χ0) is 18.8. The summed E-state index contributed by atoms with van der Waals surface area (Å²) in [5, 5.41) is 20.5. The van der Waals surface area contributed by atoms with E-state index in [2.05, 4.69) is 6.58 Å². The Kier molecular flexibility index (Phi) is 7.66. The van der Waals surface area contributed by atoms with Crippen LogP contribution in [0.5, 0.6) is 11.5 Å². The van der Waals surface area contributed by atoms with Gasteiger partial charge in [-0.05, 0) is 37.1 Å². The maximum absolute atomic E-state index is 10.2. The maximum Gasteiger partial charge on any atom is 0.119 e. The van der Waals surface area contributed by atoms with E-state index >= 15 is 0 Å². The van der Waals surface area contributed by atoms with Crippen molar-refractivity contribution < 1.29 is 19.7 Å². The highest BCUT2D eigenvalue weighted by atomic mass is 16.5. The van der Waals surface area contributed by atoms with Gasteiger partial charge in [-0.2, -0.15) is 0 Å². The third-order valence-corrected chi connectivity index (χ3v) is 4.01. The summed E-state index contributed by atoms with van der Waals surface area (Å²) in [6.07, 6.45) is 0.461. The molecule has 4 N–H and O–H groups in total. The summed E-state index contributed by atoms with van der Waals surface area (Å²) >= 11 is 0. The summed E-state index contributed by atoms with van der Waals surface area (Å²) in [6, 6.07) is 18.5. The summed E-state index contributed by atoms with van der Waals surface area (Å²) in [7, 11) is 0. The average molecular weight is 357 g/mol. The molecule has 2 aromatic carbocycles. The van der Waals surface area contributed by atoms with Gasteiger partial charge in [0.15, 0.2) is 0 Å². The van der Waals surface area contributed by atoms with Crippen LogP contribution in [0.3, 0.4) is 0 Å². The maximum atomic E-state index is 10.2. The first-order chi connectivity index (χ1) is 12.5. The number of rotatable bonds is 11. The Hall–Kier alpha value is -2.34. The standard InChI is InChI=1S/C21H27NO4/c1-2-21(22,13-17(23)15-25-19-9-5-3-6-10-19)14-18(24)16-26-20-11-7-4-8-12-20/h2-12,17-18,23-24H,1,13-16,22H2. The molecule has 140 valence electrons. The van der Waals surface area contributed by atoms with E-state index in [4.69, 9.17) is 15.2 Å². The molecule has 0 fully saturated rings. The Morgan fingerprint density at radius 2 is 1.23 bits per heavy atom. The normalized spacial score (nSPS) is 15.5. The fourth-order valence-corrected chi connectivity index (χ4v) is 2.66. The molecule has 0 aromatic heterocycles. The summed E-state index contributed by atoms with van der Waals surface area (Å²) in [5.41, 5.74) is 5.37. The van der Waals surface area contributed by atoms with E-state index in [1.807, 2.05) is 60.7 Å². The van der Waals surface area contributed by atoms with E-state index in [1.54, 1.807) is 6.08 Å². The Bertz CT molecular complexity index is 596. The van der Waals surface area contributed by atoms with Crippen LogP contribution in [0.25, 0.3) is 0 Å². The number of aliphatic hydroxyl groups is 2. The lowest BCUT2D eigenvalue weighted by Gasteiger charge is -2.30. The molecule has 2 rings (SSSR count). The van der Waals surface area contributed by atoms with Crippen molar-refractivity contribution in [3.8, 4) is 11.5 Å². The summed E-state index contributed by atoms with van der Waals surface area (Å²) in [4.78, 5) is 0. The van der Waals surface area contributed by atoms with Crippen LogP contribution in [0.4, 0.5) is 0 Å². The minimum absolute atomic E-state index is 0.118. The van der Waals surface area contributed by atoms with Crippen molar-refractivity contribution in [1.29, 1.82) is 0 Å². The SMILES string of the molecule is C=CC(N)(CC(O)COc1ccccc1)CC(O)COc1ccccc1. The molecule has 2 aromatic rings. The molecule has 0 aliphatic heterocycles. The monoisotopic (exact) mass is 357 g/mol. The lowest BCUT2D eigenvalue weighted by Crippen LogP contribution is -2.45. The van der Waals surface area contributed by atoms with Crippen LogP contribution in [-0.4, -0.2) is 41.2 Å². The van der Waals surface area contributed by atoms with E-state index < -0.39 is 17.7 Å². The minimum atomic E-state index is -0.918. The average Bonchev–Trinajstić information content (AvgIpc) is 2.66. The van der Waals surface area contributed by atoms with Gasteiger partial charge in [0, 0.05) is 5.54 Å². The molecule has 0 aliphatic carbocycles. The van der Waals surface area contributed by atoms with Crippen molar-refractivity contribution in [1.82, 2.24) is 0 Å². The Morgan fingerprint density at radius 1 is 0.846 bits per heavy atom. The van der Waals surface area contributed by atoms with Gasteiger partial charge in [-0.3, -0.25) is 0 Å². The molecular weight excluding hydrogens is 330 g/mol. The van der Waals surface area contributed by atoms with Crippen molar-refractivity contribution >= 4 is 0 Å². The lowest BCUT2D eigenvalue weighted by atomic mass is 9.87. The van der Waals surface area contributed by atoms with Crippen molar-refractivity contribution in [3.63, 3.8) is 0 Å². The van der Waals surface area contributed by atoms with Crippen molar-refractivity contribution in [2.75, 3.05) is 13.2 Å². The van der Waals surface area contributed by atoms with Gasteiger partial charge in [0.1, 0.15) is 24.7 Å². The number of ether oxygens (including phenoxy) is 2. The second kappa shape index (κ2) is 9.97. The topological polar surface area (TPSA) is 84.9 Å². The van der Waals surface area contributed by atoms with E-state index in [-0.39, 0.29) is 26.1 Å². The number of benzene rings is 2. The predicted octanol–water partition coefficient (Wildman–Crippen LogP) is 2.53. The van der Waals surface area contributed by atoms with Crippen LogP contribution in [0.15, 0.2) is 73.3 Å². The van der Waals surface area contributed by atoms with Gasteiger partial charge in [-0.25, -0.2) is 0 Å². The summed E-state index contributed by atoms with van der Waals surface area (Å²) in [5.74, 6) is 1.37. The molecule has 2 unspecified atom stereocenters. The number of aliphatic hydroxyl groups excluding tert-OH is 2. The summed E-state index contributed by atoms with van der Waals surface area (Å²) < 4.78 is 11.1. The van der Waals surface area contributed by atoms with Crippen LogP contribution in [0.2, 0.25) is 0 Å². The van der Waals surface area contributed by atoms with Crippen molar-refractivity contribution in [3.05, 3.63) is 73.3 Å². The highest BCUT2D eigenvalue weighted by Crippen LogP contribution is 2.20. The van der Waals surface area contributed by atoms with Crippen LogP contribution in [0.1, 0.15) is 12.8 Å². The third-order valence-electron chi connectivity index (χ3n) is 4.01. The van der Waals surface area contributed by atoms with E-state index in [9.17, 15) is 10.2 Å². The van der Waals surface area contributed by atoms with Gasteiger partial charge in [-0.1, -0.05) is 42.5 Å². The zero-order valence-corrected chi connectivity index (χ0v) is 14.8. The molecule has 2 atom stereocenters. The molecular formula is C21H27NO4. The molecule has 26 heavy (non-hydrogen) atoms. The number of hydrogen-bond donors (Lipinski definition) is 3. The Balaban J connectivity index is 1.79. The molecule has 0 saturated carbocycles. The molecule has 0 bridgehead atoms. The van der Waals surface area contributed by atoms with Crippen LogP contribution in [-0.2, 0) is 0 Å². The highest BCUT2D eigenvalue weighted by Gasteiger charge is 2.28. The zero-order valence-electron chi connectivity index (χ0n) is 14.8. The smallest absolute Gasteiger partial charge is 0.119 e. The minimum Gasteiger partial charge on any atom is -0.491 e. The van der Waals surface area contributed by atoms with E-state index in [1.165, 1.54) is 0 Å². The fraction of sp³-hybridized carbons (Fsp3) is 0.333. The number of para-hydroxylation sites is 2.